The van der Waals surface area contributed by atoms with E-state index < -0.39 is 0 Å². The second-order valence-corrected chi connectivity index (χ2v) is 3.75. The molecule has 0 radical (unpaired) electrons. The van der Waals surface area contributed by atoms with Gasteiger partial charge < -0.3 is 17.0 Å². The summed E-state index contributed by atoms with van der Waals surface area (Å²) >= 11 is 2.05. The Hall–Kier alpha value is 1.17. The molecule has 0 aliphatic carbocycles. The number of rotatable bonds is 9. The van der Waals surface area contributed by atoms with Crippen LogP contribution in [0.5, 0.6) is 0 Å². The van der Waals surface area contributed by atoms with Crippen molar-refractivity contribution < 1.29 is 26.5 Å². The quantitative estimate of drug-likeness (QED) is 0.322. The molecule has 0 heterocycles. The number of halogens is 1. The molecule has 0 aliphatic heterocycles. The van der Waals surface area contributed by atoms with Crippen LogP contribution in [0.2, 0.25) is 4.55 Å². The van der Waals surface area contributed by atoms with Gasteiger partial charge in [-0.3, -0.25) is 0 Å². The molecule has 14 heavy (non-hydrogen) atoms. The van der Waals surface area contributed by atoms with Gasteiger partial charge in [-0.15, -0.1) is 0 Å². The Morgan fingerprint density at radius 3 is 2.00 bits per heavy atom. The minimum Gasteiger partial charge on any atom is -1.00 e. The summed E-state index contributed by atoms with van der Waals surface area (Å²) in [6, 6.07) is 0. The first kappa shape index (κ1) is 17.6. The van der Waals surface area contributed by atoms with Crippen molar-refractivity contribution in [3.05, 3.63) is 0 Å². The molecule has 0 amide bonds. The molecule has 0 aromatic heterocycles. The number of hydrogen-bond donors (Lipinski definition) is 0. The molecule has 0 saturated heterocycles. The van der Waals surface area contributed by atoms with Crippen molar-refractivity contribution in [1.82, 2.24) is 0 Å². The smallest absolute Gasteiger partial charge is 1.00 e. The van der Waals surface area contributed by atoms with Crippen molar-refractivity contribution in [2.24, 2.45) is 0 Å². The van der Waals surface area contributed by atoms with Crippen LogP contribution < -0.4 is 17.0 Å². The third-order valence-electron chi connectivity index (χ3n) is 1.89. The van der Waals surface area contributed by atoms with E-state index in [0.29, 0.717) is 0 Å². The Kier molecular flexibility index (Phi) is 17.8. The van der Waals surface area contributed by atoms with Crippen molar-refractivity contribution in [3.8, 4) is 0 Å². The van der Waals surface area contributed by atoms with Crippen LogP contribution in [0.4, 0.5) is 0 Å². The molecule has 0 atom stereocenters. The standard InChI is InChI=1S/C10H21O2.BrH.Mg/c1-4-7-8-9-10(11-5-2)12-6-3;;/h10H,1,4-9H2,2-3H3;1H;/q;;+1/p-1. The Balaban J connectivity index is 0. The van der Waals surface area contributed by atoms with Gasteiger partial charge in [0.1, 0.15) is 0 Å². The number of ether oxygens (including phenoxy) is 2. The van der Waals surface area contributed by atoms with E-state index >= 15 is 0 Å². The number of unbranched alkanes of at least 4 members (excludes halogenated alkanes) is 2. The molecule has 0 rings (SSSR count). The van der Waals surface area contributed by atoms with Crippen molar-refractivity contribution in [2.45, 2.75) is 50.4 Å². The molecule has 0 fully saturated rings. The van der Waals surface area contributed by atoms with Gasteiger partial charge in [-0.2, -0.15) is 0 Å². The zero-order valence-corrected chi connectivity index (χ0v) is 12.4. The first-order chi connectivity index (χ1) is 6.35. The van der Waals surface area contributed by atoms with Gasteiger partial charge in [-0.1, -0.05) is 0 Å². The fourth-order valence-electron chi connectivity index (χ4n) is 1.25. The number of hydrogen-bond acceptors (Lipinski definition) is 2. The zero-order chi connectivity index (χ0) is 9.94. The molecule has 0 aromatic carbocycles. The van der Waals surface area contributed by atoms with Gasteiger partial charge in [0.15, 0.2) is 0 Å². The van der Waals surface area contributed by atoms with Crippen LogP contribution in [-0.2, 0) is 9.47 Å². The summed E-state index contributed by atoms with van der Waals surface area (Å²) in [7, 11) is 0. The van der Waals surface area contributed by atoms with Gasteiger partial charge in [0.2, 0.25) is 0 Å². The molecule has 0 spiro atoms. The van der Waals surface area contributed by atoms with Gasteiger partial charge in [-0.05, 0) is 0 Å². The van der Waals surface area contributed by atoms with Gasteiger partial charge in [0, 0.05) is 0 Å². The predicted molar refractivity (Wildman–Crippen MR) is 56.1 cm³/mol. The Morgan fingerprint density at radius 2 is 1.57 bits per heavy atom. The Morgan fingerprint density at radius 1 is 1.00 bits per heavy atom. The normalized spacial score (nSPS) is 10.4. The maximum Gasteiger partial charge on any atom is -1.00 e. The van der Waals surface area contributed by atoms with Gasteiger partial charge >= 0.3 is 94.8 Å². The summed E-state index contributed by atoms with van der Waals surface area (Å²) in [5.41, 5.74) is 0. The molecule has 0 aliphatic rings. The second-order valence-electron chi connectivity index (χ2n) is 3.04. The minimum absolute atomic E-state index is 0. The van der Waals surface area contributed by atoms with Crippen molar-refractivity contribution in [1.29, 1.82) is 0 Å². The predicted octanol–water partition coefficient (Wildman–Crippen LogP) is -0.463. The summed E-state index contributed by atoms with van der Waals surface area (Å²) in [6.45, 7) is 5.53. The zero-order valence-electron chi connectivity index (χ0n) is 9.43. The maximum absolute atomic E-state index is 5.44. The maximum atomic E-state index is 5.44. The van der Waals surface area contributed by atoms with E-state index in [1.54, 1.807) is 0 Å². The van der Waals surface area contributed by atoms with E-state index in [0.717, 1.165) is 19.6 Å². The van der Waals surface area contributed by atoms with E-state index in [1.165, 1.54) is 23.8 Å². The summed E-state index contributed by atoms with van der Waals surface area (Å²) < 4.78 is 12.2. The molecule has 0 bridgehead atoms. The largest absolute Gasteiger partial charge is 1.00 e. The first-order valence-corrected chi connectivity index (χ1v) is 6.37. The van der Waals surface area contributed by atoms with Gasteiger partial charge in [0.25, 0.3) is 0 Å². The fraction of sp³-hybridized carbons (Fsp3) is 1.00. The fourth-order valence-corrected chi connectivity index (χ4v) is 1.60. The van der Waals surface area contributed by atoms with Crippen LogP contribution in [0.15, 0.2) is 0 Å². The molecule has 0 N–H and O–H groups in total. The molecule has 0 aromatic rings. The van der Waals surface area contributed by atoms with E-state index in [4.69, 9.17) is 9.47 Å². The Labute approximate surface area is 111 Å². The average Bonchev–Trinajstić information content (AvgIpc) is 2.13. The van der Waals surface area contributed by atoms with Gasteiger partial charge in [0.05, 0.1) is 0 Å². The first-order valence-electron chi connectivity index (χ1n) is 5.37. The molecule has 4 heteroatoms. The summed E-state index contributed by atoms with van der Waals surface area (Å²) in [6.07, 6.45) is 4.95. The molecule has 0 unspecified atom stereocenters. The van der Waals surface area contributed by atoms with Crippen molar-refractivity contribution in [2.75, 3.05) is 13.2 Å². The van der Waals surface area contributed by atoms with Crippen LogP contribution in [0.25, 0.3) is 0 Å². The Bertz CT molecular complexity index is 98.1. The summed E-state index contributed by atoms with van der Waals surface area (Å²) in [5, 5.41) is 0. The molecular weight excluding hydrogens is 256 g/mol. The van der Waals surface area contributed by atoms with Crippen molar-refractivity contribution in [3.63, 3.8) is 0 Å². The third-order valence-corrected chi connectivity index (χ3v) is 2.39. The van der Waals surface area contributed by atoms with Crippen LogP contribution >= 0.6 is 0 Å². The molecule has 82 valence electrons. The minimum atomic E-state index is 0. The van der Waals surface area contributed by atoms with Crippen LogP contribution in [0.3, 0.4) is 0 Å². The second kappa shape index (κ2) is 14.2. The summed E-state index contributed by atoms with van der Waals surface area (Å²) in [4.78, 5) is 0. The third kappa shape index (κ3) is 11.2. The van der Waals surface area contributed by atoms with E-state index in [1.807, 2.05) is 35.6 Å². The molecule has 0 saturated carbocycles. The van der Waals surface area contributed by atoms with Crippen LogP contribution in [-0.4, -0.2) is 41.2 Å². The van der Waals surface area contributed by atoms with E-state index in [9.17, 15) is 0 Å². The van der Waals surface area contributed by atoms with Crippen LogP contribution in [0, 0.1) is 0 Å². The molecular formula is C10H21BrMgO2. The summed E-state index contributed by atoms with van der Waals surface area (Å²) in [5.74, 6) is 0. The van der Waals surface area contributed by atoms with Gasteiger partial charge in [-0.25, -0.2) is 0 Å². The van der Waals surface area contributed by atoms with Crippen LogP contribution in [0.1, 0.15) is 39.5 Å². The SMILES string of the molecule is CCOC(CCCC[CH2][Mg+])OCC.[Br-]. The van der Waals surface area contributed by atoms with E-state index in [2.05, 4.69) is 0 Å². The van der Waals surface area contributed by atoms with Crippen molar-refractivity contribution >= 4 is 21.7 Å². The topological polar surface area (TPSA) is 18.5 Å². The molecule has 2 nitrogen and oxygen atoms in total. The van der Waals surface area contributed by atoms with E-state index in [-0.39, 0.29) is 23.3 Å². The monoisotopic (exact) mass is 276 g/mol. The average molecular weight is 277 g/mol.